The number of hydrogen-bond donors (Lipinski definition) is 1. The lowest BCUT2D eigenvalue weighted by molar-refractivity contribution is -0.141. The third kappa shape index (κ3) is 3.67. The molecule has 0 bridgehead atoms. The van der Waals surface area contributed by atoms with Crippen LogP contribution in [0.25, 0.3) is 0 Å². The Morgan fingerprint density at radius 2 is 2.05 bits per heavy atom. The fraction of sp³-hybridized carbons (Fsp3) is 0.667. The molecule has 0 amide bonds. The zero-order chi connectivity index (χ0) is 15.6. The van der Waals surface area contributed by atoms with Crippen molar-refractivity contribution in [1.29, 1.82) is 0 Å². The number of alkyl halides is 3. The van der Waals surface area contributed by atoms with E-state index in [1.54, 1.807) is 0 Å². The van der Waals surface area contributed by atoms with E-state index in [4.69, 9.17) is 5.73 Å². The topological polar surface area (TPSA) is 42.2 Å². The van der Waals surface area contributed by atoms with Crippen LogP contribution in [0.15, 0.2) is 12.1 Å². The van der Waals surface area contributed by atoms with Crippen molar-refractivity contribution >= 4 is 5.82 Å². The third-order valence-electron chi connectivity index (χ3n) is 4.26. The Labute approximate surface area is 123 Å². The summed E-state index contributed by atoms with van der Waals surface area (Å²) in [6.45, 7) is 2.37. The summed E-state index contributed by atoms with van der Waals surface area (Å²) in [5.41, 5.74) is 5.46. The Morgan fingerprint density at radius 1 is 1.33 bits per heavy atom. The van der Waals surface area contributed by atoms with Gasteiger partial charge in [0.2, 0.25) is 0 Å². The van der Waals surface area contributed by atoms with Crippen molar-refractivity contribution in [3.05, 3.63) is 23.4 Å². The van der Waals surface area contributed by atoms with Crippen LogP contribution in [0.2, 0.25) is 0 Å². The largest absolute Gasteiger partial charge is 0.433 e. The summed E-state index contributed by atoms with van der Waals surface area (Å²) < 4.78 is 38.6. The van der Waals surface area contributed by atoms with E-state index in [0.717, 1.165) is 25.3 Å². The van der Waals surface area contributed by atoms with Gasteiger partial charge in [0.05, 0.1) is 0 Å². The number of halogens is 3. The third-order valence-corrected chi connectivity index (χ3v) is 4.26. The summed E-state index contributed by atoms with van der Waals surface area (Å²) in [5, 5.41) is 0. The molecule has 1 aromatic rings. The van der Waals surface area contributed by atoms with Gasteiger partial charge in [0, 0.05) is 25.2 Å². The minimum atomic E-state index is -4.43. The predicted octanol–water partition coefficient (Wildman–Crippen LogP) is 3.57. The van der Waals surface area contributed by atoms with Crippen molar-refractivity contribution in [3.63, 3.8) is 0 Å². The van der Waals surface area contributed by atoms with E-state index < -0.39 is 11.9 Å². The van der Waals surface area contributed by atoms with Gasteiger partial charge in [0.25, 0.3) is 0 Å². The van der Waals surface area contributed by atoms with Crippen molar-refractivity contribution in [2.75, 3.05) is 11.9 Å². The molecule has 1 aromatic heterocycles. The Kier molecular flexibility index (Phi) is 4.76. The van der Waals surface area contributed by atoms with E-state index in [-0.39, 0.29) is 12.6 Å². The van der Waals surface area contributed by atoms with Crippen LogP contribution in [0.5, 0.6) is 0 Å². The van der Waals surface area contributed by atoms with Crippen molar-refractivity contribution < 1.29 is 13.2 Å². The van der Waals surface area contributed by atoms with Crippen molar-refractivity contribution in [2.45, 2.75) is 51.4 Å². The lowest BCUT2D eigenvalue weighted by Crippen LogP contribution is -2.37. The highest BCUT2D eigenvalue weighted by atomic mass is 19.4. The first-order valence-corrected chi connectivity index (χ1v) is 7.33. The van der Waals surface area contributed by atoms with Gasteiger partial charge in [-0.25, -0.2) is 4.98 Å². The quantitative estimate of drug-likeness (QED) is 0.928. The Balaban J connectivity index is 2.31. The number of anilines is 1. The predicted molar refractivity (Wildman–Crippen MR) is 77.0 cm³/mol. The molecular formula is C15H22F3N3. The summed E-state index contributed by atoms with van der Waals surface area (Å²) in [4.78, 5) is 5.72. The lowest BCUT2D eigenvalue weighted by Gasteiger charge is -2.36. The van der Waals surface area contributed by atoms with Crippen LogP contribution in [0.3, 0.4) is 0 Å². The van der Waals surface area contributed by atoms with Gasteiger partial charge in [-0.05, 0) is 24.8 Å². The van der Waals surface area contributed by atoms with Crippen LogP contribution >= 0.6 is 0 Å². The molecule has 21 heavy (non-hydrogen) atoms. The maximum atomic E-state index is 12.9. The molecular weight excluding hydrogens is 279 g/mol. The number of aromatic nitrogens is 1. The van der Waals surface area contributed by atoms with Gasteiger partial charge < -0.3 is 10.6 Å². The van der Waals surface area contributed by atoms with E-state index in [9.17, 15) is 13.2 Å². The average molecular weight is 301 g/mol. The summed E-state index contributed by atoms with van der Waals surface area (Å²) in [5.74, 6) is 0.963. The highest BCUT2D eigenvalue weighted by molar-refractivity contribution is 5.48. The molecule has 6 heteroatoms. The molecule has 0 spiro atoms. The molecule has 0 radical (unpaired) electrons. The molecule has 2 atom stereocenters. The van der Waals surface area contributed by atoms with Crippen molar-refractivity contribution in [3.8, 4) is 0 Å². The van der Waals surface area contributed by atoms with Gasteiger partial charge in [-0.3, -0.25) is 0 Å². The Bertz CT molecular complexity index is 488. The second-order valence-electron chi connectivity index (χ2n) is 5.92. The smallest absolute Gasteiger partial charge is 0.356 e. The summed E-state index contributed by atoms with van der Waals surface area (Å²) in [6.07, 6.45) is -0.166. The molecule has 1 heterocycles. The number of rotatable bonds is 3. The van der Waals surface area contributed by atoms with Gasteiger partial charge in [0.1, 0.15) is 11.5 Å². The van der Waals surface area contributed by atoms with Gasteiger partial charge in [0.15, 0.2) is 0 Å². The molecule has 1 aliphatic carbocycles. The maximum Gasteiger partial charge on any atom is 0.433 e. The average Bonchev–Trinajstić information content (AvgIpc) is 2.44. The molecule has 0 aliphatic heterocycles. The van der Waals surface area contributed by atoms with Crippen LogP contribution in [-0.2, 0) is 12.7 Å². The van der Waals surface area contributed by atoms with E-state index in [0.29, 0.717) is 17.3 Å². The van der Waals surface area contributed by atoms with Crippen LogP contribution in [0.1, 0.15) is 43.9 Å². The standard InChI is InChI=1S/C15H22F3N3/c1-10-4-3-5-12(8-10)21(2)14-11(9-19)6-7-13(20-14)15(16,17)18/h6-7,10,12H,3-5,8-9,19H2,1-2H3. The molecule has 118 valence electrons. The molecule has 2 rings (SSSR count). The van der Waals surface area contributed by atoms with Gasteiger partial charge >= 0.3 is 6.18 Å². The van der Waals surface area contributed by atoms with E-state index in [2.05, 4.69) is 11.9 Å². The number of nitrogens with zero attached hydrogens (tertiary/aromatic N) is 2. The molecule has 2 unspecified atom stereocenters. The molecule has 0 saturated heterocycles. The lowest BCUT2D eigenvalue weighted by atomic mass is 9.86. The van der Waals surface area contributed by atoms with Crippen molar-refractivity contribution in [1.82, 2.24) is 4.98 Å². The SMILES string of the molecule is CC1CCCC(N(C)c2nc(C(F)(F)F)ccc2CN)C1. The second-order valence-corrected chi connectivity index (χ2v) is 5.92. The maximum absolute atomic E-state index is 12.9. The second kappa shape index (κ2) is 6.22. The Morgan fingerprint density at radius 3 is 2.62 bits per heavy atom. The first-order valence-electron chi connectivity index (χ1n) is 7.33. The van der Waals surface area contributed by atoms with E-state index >= 15 is 0 Å². The first-order chi connectivity index (χ1) is 9.82. The molecule has 0 aromatic carbocycles. The molecule has 1 saturated carbocycles. The minimum Gasteiger partial charge on any atom is -0.356 e. The zero-order valence-corrected chi connectivity index (χ0v) is 12.5. The van der Waals surface area contributed by atoms with Crippen LogP contribution in [0, 0.1) is 5.92 Å². The van der Waals surface area contributed by atoms with E-state index in [1.165, 1.54) is 12.5 Å². The number of hydrogen-bond acceptors (Lipinski definition) is 3. The fourth-order valence-corrected chi connectivity index (χ4v) is 3.03. The normalized spacial score (nSPS) is 23.1. The van der Waals surface area contributed by atoms with Gasteiger partial charge in [-0.15, -0.1) is 0 Å². The van der Waals surface area contributed by atoms with E-state index in [1.807, 2.05) is 11.9 Å². The summed E-state index contributed by atoms with van der Waals surface area (Å²) >= 11 is 0. The van der Waals surface area contributed by atoms with Crippen LogP contribution in [0.4, 0.5) is 19.0 Å². The fourth-order valence-electron chi connectivity index (χ4n) is 3.03. The van der Waals surface area contributed by atoms with Crippen LogP contribution < -0.4 is 10.6 Å². The Hall–Kier alpha value is -1.30. The minimum absolute atomic E-state index is 0.188. The zero-order valence-electron chi connectivity index (χ0n) is 12.5. The van der Waals surface area contributed by atoms with Crippen LogP contribution in [-0.4, -0.2) is 18.1 Å². The number of nitrogens with two attached hydrogens (primary N) is 1. The highest BCUT2D eigenvalue weighted by Gasteiger charge is 2.34. The molecule has 3 nitrogen and oxygen atoms in total. The first kappa shape index (κ1) is 16.1. The summed E-state index contributed by atoms with van der Waals surface area (Å²) in [7, 11) is 1.82. The summed E-state index contributed by atoms with van der Waals surface area (Å²) in [6, 6.07) is 2.67. The monoisotopic (exact) mass is 301 g/mol. The van der Waals surface area contributed by atoms with Crippen molar-refractivity contribution in [2.24, 2.45) is 11.7 Å². The van der Waals surface area contributed by atoms with Gasteiger partial charge in [-0.1, -0.05) is 25.8 Å². The molecule has 1 fully saturated rings. The van der Waals surface area contributed by atoms with Gasteiger partial charge in [-0.2, -0.15) is 13.2 Å². The highest BCUT2D eigenvalue weighted by Crippen LogP contribution is 2.33. The number of pyridine rings is 1. The molecule has 1 aliphatic rings. The molecule has 2 N–H and O–H groups in total.